The van der Waals surface area contributed by atoms with Gasteiger partial charge in [-0.15, -0.1) is 13.2 Å². The average Bonchev–Trinajstić information content (AvgIpc) is 2.73. The van der Waals surface area contributed by atoms with Crippen LogP contribution >= 0.6 is 0 Å². The van der Waals surface area contributed by atoms with Crippen LogP contribution in [0.15, 0.2) is 55.6 Å². The van der Waals surface area contributed by atoms with Gasteiger partial charge in [0.15, 0.2) is 0 Å². The molecule has 1 aliphatic rings. The molecule has 1 heterocycles. The fourth-order valence-electron chi connectivity index (χ4n) is 4.16. The first-order chi connectivity index (χ1) is 14.9. The van der Waals surface area contributed by atoms with Crippen molar-refractivity contribution in [1.29, 1.82) is 0 Å². The monoisotopic (exact) mass is 420 g/mol. The van der Waals surface area contributed by atoms with E-state index in [-0.39, 0.29) is 12.1 Å². The van der Waals surface area contributed by atoms with Gasteiger partial charge in [-0.05, 0) is 81.9 Å². The summed E-state index contributed by atoms with van der Waals surface area (Å²) in [5.41, 5.74) is 11.0. The number of likely N-dealkylation sites (tertiary alicyclic amines) is 1. The maximum atomic E-state index is 11.3. The van der Waals surface area contributed by atoms with Crippen LogP contribution in [0.4, 0.5) is 0 Å². The molecule has 2 aromatic rings. The van der Waals surface area contributed by atoms with E-state index in [9.17, 15) is 5.11 Å². The number of hydrogen-bond acceptors (Lipinski definition) is 4. The van der Waals surface area contributed by atoms with Gasteiger partial charge in [-0.25, -0.2) is 0 Å². The van der Waals surface area contributed by atoms with E-state index in [4.69, 9.17) is 10.5 Å². The van der Waals surface area contributed by atoms with E-state index in [0.717, 1.165) is 72.3 Å². The lowest BCUT2D eigenvalue weighted by atomic mass is 9.94. The number of allylic oxidation sites excluding steroid dienone is 2. The number of benzene rings is 2. The summed E-state index contributed by atoms with van der Waals surface area (Å²) in [6, 6.07) is 10.6. The lowest BCUT2D eigenvalue weighted by Crippen LogP contribution is -2.39. The maximum absolute atomic E-state index is 11.3. The van der Waals surface area contributed by atoms with Crippen molar-refractivity contribution in [3.63, 3.8) is 0 Å². The lowest BCUT2D eigenvalue weighted by molar-refractivity contribution is 0.203. The first kappa shape index (κ1) is 23.1. The minimum Gasteiger partial charge on any atom is -0.507 e. The summed E-state index contributed by atoms with van der Waals surface area (Å²) in [7, 11) is 0. The van der Waals surface area contributed by atoms with Crippen molar-refractivity contribution < 1.29 is 9.84 Å². The Kier molecular flexibility index (Phi) is 7.94. The van der Waals surface area contributed by atoms with E-state index < -0.39 is 0 Å². The number of piperidine rings is 1. The van der Waals surface area contributed by atoms with Gasteiger partial charge in [0.25, 0.3) is 0 Å². The van der Waals surface area contributed by atoms with Crippen LogP contribution < -0.4 is 10.5 Å². The predicted molar refractivity (Wildman–Crippen MR) is 130 cm³/mol. The van der Waals surface area contributed by atoms with E-state index in [1.54, 1.807) is 0 Å². The van der Waals surface area contributed by atoms with Gasteiger partial charge < -0.3 is 15.6 Å². The molecule has 3 rings (SSSR count). The fraction of sp³-hybridized carbons (Fsp3) is 0.407. The zero-order chi connectivity index (χ0) is 22.4. The Hall–Kier alpha value is -2.56. The van der Waals surface area contributed by atoms with Gasteiger partial charge in [-0.1, -0.05) is 24.3 Å². The number of rotatable bonds is 9. The molecule has 0 unspecified atom stereocenters. The highest BCUT2D eigenvalue weighted by Crippen LogP contribution is 2.40. The number of hydrogen-bond donors (Lipinski definition) is 2. The molecule has 2 aromatic carbocycles. The molecular formula is C27H36N2O2. The van der Waals surface area contributed by atoms with Gasteiger partial charge >= 0.3 is 0 Å². The third kappa shape index (κ3) is 5.99. The van der Waals surface area contributed by atoms with Gasteiger partial charge in [0.1, 0.15) is 11.5 Å². The van der Waals surface area contributed by atoms with Crippen molar-refractivity contribution >= 4 is 0 Å². The Morgan fingerprint density at radius 1 is 1.06 bits per heavy atom. The second kappa shape index (κ2) is 10.7. The normalized spacial score (nSPS) is 15.2. The molecule has 166 valence electrons. The topological polar surface area (TPSA) is 58.7 Å². The summed E-state index contributed by atoms with van der Waals surface area (Å²) in [5.74, 6) is 1.11. The van der Waals surface area contributed by atoms with E-state index >= 15 is 0 Å². The molecule has 3 N–H and O–H groups in total. The summed E-state index contributed by atoms with van der Waals surface area (Å²) in [6.45, 7) is 14.4. The minimum atomic E-state index is 0.0412. The van der Waals surface area contributed by atoms with Crippen LogP contribution in [-0.2, 0) is 19.4 Å². The molecule has 0 bridgehead atoms. The zero-order valence-corrected chi connectivity index (χ0v) is 18.9. The maximum Gasteiger partial charge on any atom is 0.128 e. The molecule has 1 fully saturated rings. The Morgan fingerprint density at radius 3 is 2.35 bits per heavy atom. The molecule has 4 nitrogen and oxygen atoms in total. The fourth-order valence-corrected chi connectivity index (χ4v) is 4.16. The highest BCUT2D eigenvalue weighted by Gasteiger charge is 2.21. The van der Waals surface area contributed by atoms with Crippen LogP contribution in [0.2, 0.25) is 0 Å². The Bertz CT molecular complexity index is 912. The standard InChI is InChI=1S/C27H36N2O2/c1-5-7-20-9-10-26(31-19(3)4)24(16-20)25-17-21(8-6-2)15-22(27(25)30)18-29-13-11-23(28)12-14-29/h5-6,9-10,15-17,19,23,30H,1-2,7-8,11-14,18,28H2,3-4H3. The number of aromatic hydroxyl groups is 1. The molecule has 4 heteroatoms. The molecule has 31 heavy (non-hydrogen) atoms. The molecule has 0 saturated carbocycles. The molecule has 0 radical (unpaired) electrons. The van der Waals surface area contributed by atoms with Crippen LogP contribution in [0.1, 0.15) is 43.4 Å². The third-order valence-electron chi connectivity index (χ3n) is 5.73. The first-order valence-electron chi connectivity index (χ1n) is 11.3. The number of phenols is 1. The van der Waals surface area contributed by atoms with Crippen LogP contribution in [0, 0.1) is 0 Å². The molecule has 0 spiro atoms. The van der Waals surface area contributed by atoms with Gasteiger partial charge in [-0.2, -0.15) is 0 Å². The molecule has 1 saturated heterocycles. The van der Waals surface area contributed by atoms with Gasteiger partial charge in [0, 0.05) is 29.3 Å². The van der Waals surface area contributed by atoms with E-state index in [2.05, 4.69) is 42.3 Å². The minimum absolute atomic E-state index is 0.0412. The largest absolute Gasteiger partial charge is 0.507 e. The van der Waals surface area contributed by atoms with Crippen molar-refractivity contribution in [2.45, 2.75) is 58.2 Å². The molecule has 0 aliphatic carbocycles. The number of nitrogens with zero attached hydrogens (tertiary/aromatic N) is 1. The predicted octanol–water partition coefficient (Wildman–Crippen LogP) is 5.23. The summed E-state index contributed by atoms with van der Waals surface area (Å²) < 4.78 is 6.11. The highest BCUT2D eigenvalue weighted by atomic mass is 16.5. The number of nitrogens with two attached hydrogens (primary N) is 1. The average molecular weight is 421 g/mol. The van der Waals surface area contributed by atoms with Crippen molar-refractivity contribution in [3.05, 3.63) is 72.3 Å². The Balaban J connectivity index is 2.06. The smallest absolute Gasteiger partial charge is 0.128 e. The van der Waals surface area contributed by atoms with Crippen molar-refractivity contribution in [2.24, 2.45) is 5.73 Å². The van der Waals surface area contributed by atoms with E-state index in [1.807, 2.05) is 32.1 Å². The summed E-state index contributed by atoms with van der Waals surface area (Å²) in [5, 5.41) is 11.3. The molecule has 0 aromatic heterocycles. The SMILES string of the molecule is C=CCc1ccc(OC(C)C)c(-c2cc(CC=C)cc(CN3CCC(N)CC3)c2O)c1. The van der Waals surface area contributed by atoms with Gasteiger partial charge in [-0.3, -0.25) is 4.90 Å². The molecular weight excluding hydrogens is 384 g/mol. The van der Waals surface area contributed by atoms with Gasteiger partial charge in [0.2, 0.25) is 0 Å². The molecule has 1 aliphatic heterocycles. The van der Waals surface area contributed by atoms with Crippen LogP contribution in [0.25, 0.3) is 11.1 Å². The van der Waals surface area contributed by atoms with E-state index in [0.29, 0.717) is 12.3 Å². The van der Waals surface area contributed by atoms with Gasteiger partial charge in [0.05, 0.1) is 6.10 Å². The van der Waals surface area contributed by atoms with Crippen molar-refractivity contribution in [1.82, 2.24) is 4.90 Å². The lowest BCUT2D eigenvalue weighted by Gasteiger charge is -2.30. The first-order valence-corrected chi connectivity index (χ1v) is 11.3. The second-order valence-corrected chi connectivity index (χ2v) is 8.75. The quantitative estimate of drug-likeness (QED) is 0.546. The zero-order valence-electron chi connectivity index (χ0n) is 18.9. The highest BCUT2D eigenvalue weighted by molar-refractivity contribution is 5.78. The molecule has 0 atom stereocenters. The van der Waals surface area contributed by atoms with Crippen LogP contribution in [-0.4, -0.2) is 35.2 Å². The summed E-state index contributed by atoms with van der Waals surface area (Å²) >= 11 is 0. The summed E-state index contributed by atoms with van der Waals surface area (Å²) in [6.07, 6.45) is 7.34. The molecule has 0 amide bonds. The number of ether oxygens (including phenoxy) is 1. The van der Waals surface area contributed by atoms with E-state index in [1.165, 1.54) is 0 Å². The van der Waals surface area contributed by atoms with Crippen LogP contribution in [0.3, 0.4) is 0 Å². The second-order valence-electron chi connectivity index (χ2n) is 8.75. The number of phenolic OH excluding ortho intramolecular Hbond substituents is 1. The van der Waals surface area contributed by atoms with Crippen molar-refractivity contribution in [2.75, 3.05) is 13.1 Å². The Labute approximate surface area is 187 Å². The third-order valence-corrected chi connectivity index (χ3v) is 5.73. The Morgan fingerprint density at radius 2 is 1.71 bits per heavy atom. The summed E-state index contributed by atoms with van der Waals surface area (Å²) in [4.78, 5) is 2.37. The van der Waals surface area contributed by atoms with Crippen molar-refractivity contribution in [3.8, 4) is 22.6 Å². The van der Waals surface area contributed by atoms with Crippen LogP contribution in [0.5, 0.6) is 11.5 Å².